The van der Waals surface area contributed by atoms with E-state index in [9.17, 15) is 45.6 Å². The summed E-state index contributed by atoms with van der Waals surface area (Å²) in [7, 11) is 0. The van der Waals surface area contributed by atoms with Crippen LogP contribution in [0.1, 0.15) is 239 Å². The summed E-state index contributed by atoms with van der Waals surface area (Å²) < 4.78 is 22.6. The summed E-state index contributed by atoms with van der Waals surface area (Å²) in [5.74, 6) is -0.258. The predicted octanol–water partition coefficient (Wildman–Crippen LogP) is 9.28. The van der Waals surface area contributed by atoms with Crippen molar-refractivity contribution in [1.82, 2.24) is 5.32 Å². The maximum absolute atomic E-state index is 13.0. The Morgan fingerprint density at radius 1 is 0.493 bits per heavy atom. The Kier molecular flexibility index (Phi) is 40.4. The van der Waals surface area contributed by atoms with E-state index < -0.39 is 86.8 Å². The Morgan fingerprint density at radius 3 is 1.38 bits per heavy atom. The Balaban J connectivity index is 1.62. The van der Waals surface area contributed by atoms with Gasteiger partial charge in [0.1, 0.15) is 48.8 Å². The number of rotatable bonds is 46. The topological polar surface area (TPSA) is 228 Å². The molecule has 2 aliphatic heterocycles. The number of ether oxygens (including phenoxy) is 4. The molecular formula is C57H107NO13. The van der Waals surface area contributed by atoms with Gasteiger partial charge in [0.05, 0.1) is 32.0 Å². The minimum Gasteiger partial charge on any atom is -0.394 e. The van der Waals surface area contributed by atoms with Gasteiger partial charge in [-0.15, -0.1) is 0 Å². The molecule has 14 nitrogen and oxygen atoms in total. The quantitative estimate of drug-likeness (QED) is 0.0205. The predicted molar refractivity (Wildman–Crippen MR) is 282 cm³/mol. The van der Waals surface area contributed by atoms with Crippen LogP contribution >= 0.6 is 0 Å². The number of unbranched alkanes of at least 4 members (excludes halogenated alkanes) is 31. The van der Waals surface area contributed by atoms with E-state index in [1.807, 2.05) is 6.08 Å². The molecular weight excluding hydrogens is 907 g/mol. The van der Waals surface area contributed by atoms with Crippen LogP contribution in [0.4, 0.5) is 0 Å². The van der Waals surface area contributed by atoms with Gasteiger partial charge in [-0.3, -0.25) is 4.79 Å². The van der Waals surface area contributed by atoms with Crippen molar-refractivity contribution < 1.29 is 64.6 Å². The molecule has 14 heteroatoms. The molecule has 0 aliphatic carbocycles. The number of allylic oxidation sites excluding steroid dienone is 3. The van der Waals surface area contributed by atoms with E-state index in [0.29, 0.717) is 12.8 Å². The van der Waals surface area contributed by atoms with E-state index >= 15 is 0 Å². The zero-order chi connectivity index (χ0) is 51.7. The fourth-order valence-electron chi connectivity index (χ4n) is 9.66. The maximum atomic E-state index is 13.0. The smallest absolute Gasteiger partial charge is 0.220 e. The Bertz CT molecular complexity index is 1290. The normalized spacial score (nSPS) is 25.9. The summed E-state index contributed by atoms with van der Waals surface area (Å²) in [6.45, 7) is 2.71. The van der Waals surface area contributed by atoms with Gasteiger partial charge in [-0.05, 0) is 32.1 Å². The summed E-state index contributed by atoms with van der Waals surface area (Å²) in [5.41, 5.74) is 0. The summed E-state index contributed by atoms with van der Waals surface area (Å²) in [4.78, 5) is 13.0. The molecule has 1 amide bonds. The van der Waals surface area contributed by atoms with E-state index in [-0.39, 0.29) is 18.9 Å². The van der Waals surface area contributed by atoms with Crippen LogP contribution in [0, 0.1) is 0 Å². The molecule has 0 aromatic rings. The lowest BCUT2D eigenvalue weighted by atomic mass is 9.97. The number of amides is 1. The molecule has 2 saturated heterocycles. The molecule has 418 valence electrons. The summed E-state index contributed by atoms with van der Waals surface area (Å²) in [5, 5.41) is 86.5. The van der Waals surface area contributed by atoms with Crippen molar-refractivity contribution in [3.8, 4) is 0 Å². The monoisotopic (exact) mass is 1010 g/mol. The fourth-order valence-corrected chi connectivity index (χ4v) is 9.66. The zero-order valence-corrected chi connectivity index (χ0v) is 44.7. The second kappa shape index (κ2) is 43.7. The molecule has 0 radical (unpaired) electrons. The number of hydrogen-bond acceptors (Lipinski definition) is 13. The average Bonchev–Trinajstić information content (AvgIpc) is 3.37. The van der Waals surface area contributed by atoms with Crippen LogP contribution in [0.2, 0.25) is 0 Å². The number of aliphatic hydroxyl groups excluding tert-OH is 8. The van der Waals surface area contributed by atoms with Crippen LogP contribution in [0.15, 0.2) is 24.3 Å². The van der Waals surface area contributed by atoms with Gasteiger partial charge in [-0.1, -0.05) is 224 Å². The number of carbonyl (C=O) groups is 1. The minimum absolute atomic E-state index is 0.258. The van der Waals surface area contributed by atoms with Crippen molar-refractivity contribution in [2.45, 2.75) is 312 Å². The zero-order valence-electron chi connectivity index (χ0n) is 44.7. The number of aliphatic hydroxyl groups is 8. The van der Waals surface area contributed by atoms with Crippen LogP contribution in [-0.2, 0) is 23.7 Å². The van der Waals surface area contributed by atoms with Gasteiger partial charge in [-0.25, -0.2) is 0 Å². The average molecular weight is 1010 g/mol. The first-order chi connectivity index (χ1) is 34.6. The van der Waals surface area contributed by atoms with Crippen molar-refractivity contribution in [2.24, 2.45) is 0 Å². The molecule has 12 unspecified atom stereocenters. The van der Waals surface area contributed by atoms with Crippen LogP contribution < -0.4 is 5.32 Å². The summed E-state index contributed by atoms with van der Waals surface area (Å²) >= 11 is 0. The van der Waals surface area contributed by atoms with Gasteiger partial charge in [0.2, 0.25) is 5.91 Å². The van der Waals surface area contributed by atoms with Crippen LogP contribution in [-0.4, -0.2) is 140 Å². The van der Waals surface area contributed by atoms with Gasteiger partial charge >= 0.3 is 0 Å². The molecule has 71 heavy (non-hydrogen) atoms. The van der Waals surface area contributed by atoms with Crippen molar-refractivity contribution in [1.29, 1.82) is 0 Å². The Labute approximate surface area is 430 Å². The van der Waals surface area contributed by atoms with Crippen molar-refractivity contribution in [3.05, 3.63) is 24.3 Å². The van der Waals surface area contributed by atoms with Crippen LogP contribution in [0.25, 0.3) is 0 Å². The lowest BCUT2D eigenvalue weighted by Crippen LogP contribution is -2.65. The molecule has 9 N–H and O–H groups in total. The van der Waals surface area contributed by atoms with E-state index in [2.05, 4.69) is 31.3 Å². The van der Waals surface area contributed by atoms with Crippen LogP contribution in [0.3, 0.4) is 0 Å². The standard InChI is InChI=1S/C57H107NO13/c1-3-5-7-9-11-12-13-14-15-16-17-18-19-20-21-22-23-24-25-26-27-28-29-30-31-32-33-34-35-36-38-40-46(61)45(58-49(62)41-39-37-10-8-6-4-2)44-68-56-54(67)52(65)55(48(43-60)70-56)71-57-53(66)51(64)50(63)47(42-59)69-57/h33-34,38,40,45-48,50-57,59-61,63-67H,3-32,35-37,39,41-44H2,1-2H3,(H,58,62)/b34-33+,40-38+. The van der Waals surface area contributed by atoms with Gasteiger partial charge in [0, 0.05) is 6.42 Å². The molecule has 12 atom stereocenters. The largest absolute Gasteiger partial charge is 0.394 e. The van der Waals surface area contributed by atoms with Crippen molar-refractivity contribution >= 4 is 5.91 Å². The first-order valence-corrected chi connectivity index (χ1v) is 29.1. The molecule has 2 rings (SSSR count). The van der Waals surface area contributed by atoms with Gasteiger partial charge in [0.25, 0.3) is 0 Å². The minimum atomic E-state index is -1.79. The van der Waals surface area contributed by atoms with Crippen molar-refractivity contribution in [2.75, 3.05) is 19.8 Å². The fraction of sp³-hybridized carbons (Fsp3) is 0.912. The second-order valence-electron chi connectivity index (χ2n) is 20.8. The van der Waals surface area contributed by atoms with Crippen molar-refractivity contribution in [3.63, 3.8) is 0 Å². The lowest BCUT2D eigenvalue weighted by Gasteiger charge is -2.46. The number of nitrogens with one attached hydrogen (secondary N) is 1. The Morgan fingerprint density at radius 2 is 0.901 bits per heavy atom. The highest BCUT2D eigenvalue weighted by atomic mass is 16.7. The number of carbonyl (C=O) groups excluding carboxylic acids is 1. The molecule has 0 bridgehead atoms. The van der Waals surface area contributed by atoms with E-state index in [4.69, 9.17) is 18.9 Å². The Hall–Kier alpha value is -1.53. The van der Waals surface area contributed by atoms with Gasteiger partial charge in [-0.2, -0.15) is 0 Å². The molecule has 0 saturated carbocycles. The highest BCUT2D eigenvalue weighted by Gasteiger charge is 2.51. The first kappa shape index (κ1) is 65.6. The van der Waals surface area contributed by atoms with E-state index in [0.717, 1.165) is 44.9 Å². The highest BCUT2D eigenvalue weighted by Crippen LogP contribution is 2.30. The molecule has 2 fully saturated rings. The molecule has 0 aromatic heterocycles. The molecule has 2 aliphatic rings. The molecule has 0 aromatic carbocycles. The first-order valence-electron chi connectivity index (χ1n) is 29.1. The lowest BCUT2D eigenvalue weighted by molar-refractivity contribution is -0.359. The van der Waals surface area contributed by atoms with E-state index in [1.54, 1.807) is 6.08 Å². The summed E-state index contributed by atoms with van der Waals surface area (Å²) in [6, 6.07) is -0.925. The van der Waals surface area contributed by atoms with Crippen LogP contribution in [0.5, 0.6) is 0 Å². The third-order valence-electron chi connectivity index (χ3n) is 14.4. The third kappa shape index (κ3) is 30.0. The maximum Gasteiger partial charge on any atom is 0.220 e. The summed E-state index contributed by atoms with van der Waals surface area (Å²) in [6.07, 6.45) is 34.5. The van der Waals surface area contributed by atoms with Gasteiger partial charge in [0.15, 0.2) is 12.6 Å². The van der Waals surface area contributed by atoms with E-state index in [1.165, 1.54) is 161 Å². The highest BCUT2D eigenvalue weighted by molar-refractivity contribution is 5.76. The third-order valence-corrected chi connectivity index (χ3v) is 14.4. The van der Waals surface area contributed by atoms with Gasteiger partial charge < -0.3 is 65.1 Å². The molecule has 2 heterocycles. The molecule has 0 spiro atoms. The number of hydrogen-bond donors (Lipinski definition) is 9. The second-order valence-corrected chi connectivity index (χ2v) is 20.8. The SMILES string of the molecule is CCCCCCCCCCCCCCCCCCCCCCCCCCC/C=C/CC/C=C/C(O)C(COC1OC(CO)C(OC2OC(CO)C(O)C(O)C2O)C(O)C1O)NC(=O)CCCCCCCC.